The molecule has 0 aromatic rings. The summed E-state index contributed by atoms with van der Waals surface area (Å²) >= 11 is 0. The lowest BCUT2D eigenvalue weighted by atomic mass is 10.1. The summed E-state index contributed by atoms with van der Waals surface area (Å²) < 4.78 is 0. The van der Waals surface area contributed by atoms with Gasteiger partial charge in [0.15, 0.2) is 11.9 Å². The number of aliphatic imine (C=N–C) groups is 2. The van der Waals surface area contributed by atoms with Gasteiger partial charge < -0.3 is 54.8 Å². The Morgan fingerprint density at radius 2 is 1.31 bits per heavy atom. The molecule has 0 aliphatic heterocycles. The van der Waals surface area contributed by atoms with Crippen LogP contribution in [0, 0.1) is 0 Å². The molecular weight excluding hydrogens is 464 g/mol. The lowest BCUT2D eigenvalue weighted by molar-refractivity contribution is -0.142. The molecule has 16 heteroatoms. The van der Waals surface area contributed by atoms with Gasteiger partial charge in [0, 0.05) is 13.1 Å². The average molecular weight is 503 g/mol. The van der Waals surface area contributed by atoms with Gasteiger partial charge in [-0.25, -0.2) is 0 Å². The van der Waals surface area contributed by atoms with Crippen LogP contribution in [0.1, 0.15) is 39.5 Å². The topological polar surface area (TPSA) is 300 Å². The number of carboxylic acids is 1. The molecule has 0 rings (SSSR count). The van der Waals surface area contributed by atoms with Crippen LogP contribution >= 0.6 is 0 Å². The number of nitrogens with two attached hydrogens (primary N) is 5. The highest BCUT2D eigenvalue weighted by molar-refractivity contribution is 5.94. The summed E-state index contributed by atoms with van der Waals surface area (Å²) in [5, 5.41) is 26.0. The molecule has 15 N–H and O–H groups in total. The third-order valence-electron chi connectivity index (χ3n) is 4.67. The summed E-state index contributed by atoms with van der Waals surface area (Å²) in [6.45, 7) is 2.91. The molecule has 0 aromatic carbocycles. The van der Waals surface area contributed by atoms with Crippen LogP contribution in [0.3, 0.4) is 0 Å². The quantitative estimate of drug-likeness (QED) is 0.0543. The highest BCUT2D eigenvalue weighted by Crippen LogP contribution is 2.04. The number of rotatable bonds is 16. The molecule has 0 heterocycles. The maximum absolute atomic E-state index is 12.9. The molecule has 16 nitrogen and oxygen atoms in total. The molecule has 0 unspecified atom stereocenters. The van der Waals surface area contributed by atoms with Gasteiger partial charge in [-0.2, -0.15) is 0 Å². The van der Waals surface area contributed by atoms with Crippen LogP contribution in [0.2, 0.25) is 0 Å². The predicted molar refractivity (Wildman–Crippen MR) is 129 cm³/mol. The zero-order valence-electron chi connectivity index (χ0n) is 19.9. The summed E-state index contributed by atoms with van der Waals surface area (Å²) in [7, 11) is 0. The number of hydrogen-bond acceptors (Lipinski definition) is 8. The fourth-order valence-corrected chi connectivity index (χ4v) is 2.73. The molecule has 0 saturated heterocycles. The van der Waals surface area contributed by atoms with E-state index in [-0.39, 0.29) is 44.3 Å². The van der Waals surface area contributed by atoms with Crippen LogP contribution in [0.15, 0.2) is 9.98 Å². The summed E-state index contributed by atoms with van der Waals surface area (Å²) in [4.78, 5) is 56.4. The molecule has 200 valence electrons. The second-order valence-corrected chi connectivity index (χ2v) is 7.86. The number of aliphatic hydroxyl groups excluding tert-OH is 1. The summed E-state index contributed by atoms with van der Waals surface area (Å²) in [5.41, 5.74) is 26.9. The third-order valence-corrected chi connectivity index (χ3v) is 4.67. The Balaban J connectivity index is 5.34. The van der Waals surface area contributed by atoms with E-state index in [0.717, 1.165) is 0 Å². The van der Waals surface area contributed by atoms with E-state index in [1.807, 2.05) is 0 Å². The van der Waals surface area contributed by atoms with Gasteiger partial charge in [0.05, 0.1) is 12.1 Å². The lowest BCUT2D eigenvalue weighted by Gasteiger charge is -2.26. The van der Waals surface area contributed by atoms with Gasteiger partial charge in [-0.05, 0) is 39.5 Å². The number of carbonyl (C=O) groups is 4. The maximum atomic E-state index is 12.9. The third kappa shape index (κ3) is 13.6. The van der Waals surface area contributed by atoms with Crippen LogP contribution < -0.4 is 44.6 Å². The van der Waals surface area contributed by atoms with Crippen LogP contribution in [-0.2, 0) is 19.2 Å². The Bertz CT molecular complexity index is 780. The van der Waals surface area contributed by atoms with Gasteiger partial charge in [-0.3, -0.25) is 29.2 Å². The number of aliphatic carboxylic acids is 1. The number of carboxylic acid groups (broad SMARTS) is 1. The van der Waals surface area contributed by atoms with Crippen molar-refractivity contribution in [3.63, 3.8) is 0 Å². The van der Waals surface area contributed by atoms with Crippen molar-refractivity contribution in [3.05, 3.63) is 0 Å². The van der Waals surface area contributed by atoms with Crippen LogP contribution in [0.25, 0.3) is 0 Å². The van der Waals surface area contributed by atoms with Crippen molar-refractivity contribution in [2.75, 3.05) is 13.1 Å². The highest BCUT2D eigenvalue weighted by Gasteiger charge is 2.31. The molecule has 35 heavy (non-hydrogen) atoms. The number of carbonyl (C=O) groups excluding carboxylic acids is 3. The zero-order valence-corrected chi connectivity index (χ0v) is 19.9. The van der Waals surface area contributed by atoms with Gasteiger partial charge in [-0.15, -0.1) is 0 Å². The van der Waals surface area contributed by atoms with Gasteiger partial charge in [0.25, 0.3) is 0 Å². The Morgan fingerprint density at radius 3 is 1.77 bits per heavy atom. The molecule has 0 fully saturated rings. The zero-order chi connectivity index (χ0) is 27.1. The Kier molecular flexibility index (Phi) is 14.4. The van der Waals surface area contributed by atoms with Crippen molar-refractivity contribution in [2.24, 2.45) is 38.7 Å². The van der Waals surface area contributed by atoms with Crippen LogP contribution in [0.5, 0.6) is 0 Å². The van der Waals surface area contributed by atoms with Gasteiger partial charge in [0.1, 0.15) is 18.1 Å². The summed E-state index contributed by atoms with van der Waals surface area (Å²) in [6, 6.07) is -4.85. The van der Waals surface area contributed by atoms with Crippen molar-refractivity contribution < 1.29 is 29.4 Å². The van der Waals surface area contributed by atoms with E-state index < -0.39 is 54.0 Å². The van der Waals surface area contributed by atoms with Crippen LogP contribution in [-0.4, -0.2) is 89.2 Å². The van der Waals surface area contributed by atoms with Crippen molar-refractivity contribution >= 4 is 35.6 Å². The largest absolute Gasteiger partial charge is 0.480 e. The molecule has 0 aromatic heterocycles. The second kappa shape index (κ2) is 16.0. The van der Waals surface area contributed by atoms with Gasteiger partial charge >= 0.3 is 5.97 Å². The summed E-state index contributed by atoms with van der Waals surface area (Å²) in [6.07, 6.45) is -0.348. The number of aliphatic hydroxyl groups is 1. The van der Waals surface area contributed by atoms with Crippen molar-refractivity contribution in [1.82, 2.24) is 16.0 Å². The molecule has 0 aliphatic rings. The van der Waals surface area contributed by atoms with E-state index in [0.29, 0.717) is 6.42 Å². The van der Waals surface area contributed by atoms with E-state index in [9.17, 15) is 24.3 Å². The number of amides is 3. The molecule has 0 bridgehead atoms. The lowest BCUT2D eigenvalue weighted by Crippen LogP contribution is -2.59. The fraction of sp³-hybridized carbons (Fsp3) is 0.684. The highest BCUT2D eigenvalue weighted by atomic mass is 16.4. The Hall–Kier alpha value is -3.66. The number of nitrogens with zero attached hydrogens (tertiary/aromatic N) is 2. The van der Waals surface area contributed by atoms with E-state index in [1.54, 1.807) is 0 Å². The normalized spacial score (nSPS) is 14.9. The first-order chi connectivity index (χ1) is 16.3. The SMILES string of the molecule is C[C@H](NC(=O)[C@@H](NC(=O)[C@H](CCCN=C(N)N)NC(=O)[C@@H](N)CCCN=C(N)N)[C@@H](C)O)C(=O)O. The molecule has 3 amide bonds. The van der Waals surface area contributed by atoms with Crippen LogP contribution in [0.4, 0.5) is 0 Å². The van der Waals surface area contributed by atoms with E-state index in [4.69, 9.17) is 33.8 Å². The van der Waals surface area contributed by atoms with E-state index in [1.165, 1.54) is 13.8 Å². The smallest absolute Gasteiger partial charge is 0.325 e. The Labute approximate surface area is 203 Å². The molecule has 0 saturated carbocycles. The molecule has 5 atom stereocenters. The van der Waals surface area contributed by atoms with Crippen molar-refractivity contribution in [2.45, 2.75) is 69.8 Å². The van der Waals surface area contributed by atoms with Crippen molar-refractivity contribution in [3.8, 4) is 0 Å². The standard InChI is InChI=1S/C19H38N10O6/c1-9(17(34)35)27-16(33)13(10(2)30)29-15(32)12(6-4-8-26-19(23)24)28-14(31)11(20)5-3-7-25-18(21)22/h9-13,30H,3-8,20H2,1-2H3,(H,27,33)(H,28,31)(H,29,32)(H,34,35)(H4,21,22,25)(H4,23,24,26)/t9-,10+,11-,12-,13-/m0/s1. The monoisotopic (exact) mass is 502 g/mol. The average Bonchev–Trinajstić information content (AvgIpc) is 2.75. The molecule has 0 aliphatic carbocycles. The van der Waals surface area contributed by atoms with E-state index >= 15 is 0 Å². The maximum Gasteiger partial charge on any atom is 0.325 e. The first kappa shape index (κ1) is 31.3. The molecule has 0 radical (unpaired) electrons. The minimum absolute atomic E-state index is 0.0781. The number of nitrogens with one attached hydrogen (secondary N) is 3. The minimum Gasteiger partial charge on any atom is -0.480 e. The molecular formula is C19H38N10O6. The van der Waals surface area contributed by atoms with E-state index in [2.05, 4.69) is 25.9 Å². The fourth-order valence-electron chi connectivity index (χ4n) is 2.73. The number of guanidine groups is 2. The number of hydrogen-bond donors (Lipinski definition) is 10. The first-order valence-electron chi connectivity index (χ1n) is 10.9. The molecule has 0 spiro atoms. The van der Waals surface area contributed by atoms with Crippen molar-refractivity contribution in [1.29, 1.82) is 0 Å². The minimum atomic E-state index is -1.48. The first-order valence-corrected chi connectivity index (χ1v) is 10.9. The predicted octanol–water partition coefficient (Wildman–Crippen LogP) is -4.64. The Morgan fingerprint density at radius 1 is 0.800 bits per heavy atom. The van der Waals surface area contributed by atoms with Gasteiger partial charge in [0.2, 0.25) is 17.7 Å². The van der Waals surface area contributed by atoms with Gasteiger partial charge in [-0.1, -0.05) is 0 Å². The summed E-state index contributed by atoms with van der Waals surface area (Å²) in [5.74, 6) is -3.86. The second-order valence-electron chi connectivity index (χ2n) is 7.86.